The van der Waals surface area contributed by atoms with Crippen LogP contribution in [0.3, 0.4) is 0 Å². The highest BCUT2D eigenvalue weighted by atomic mass is 19.1. The summed E-state index contributed by atoms with van der Waals surface area (Å²) in [5, 5.41) is 12.5. The first-order valence-electron chi connectivity index (χ1n) is 7.45. The summed E-state index contributed by atoms with van der Waals surface area (Å²) >= 11 is 0. The summed E-state index contributed by atoms with van der Waals surface area (Å²) in [5.41, 5.74) is 2.17. The Bertz CT molecular complexity index is 630. The van der Waals surface area contributed by atoms with Crippen molar-refractivity contribution in [3.05, 3.63) is 70.8 Å². The normalized spacial score (nSPS) is 13.9. The van der Waals surface area contributed by atoms with Crippen LogP contribution < -0.4 is 5.32 Å². The van der Waals surface area contributed by atoms with Crippen molar-refractivity contribution in [1.29, 1.82) is 0 Å². The zero-order chi connectivity index (χ0) is 16.1. The molecular weight excluding hydrogens is 284 g/mol. The molecule has 2 atom stereocenters. The Morgan fingerprint density at radius 1 is 1.14 bits per heavy atom. The molecule has 0 saturated heterocycles. The van der Waals surface area contributed by atoms with Crippen molar-refractivity contribution in [3.63, 3.8) is 0 Å². The van der Waals surface area contributed by atoms with Gasteiger partial charge < -0.3 is 10.4 Å². The summed E-state index contributed by atoms with van der Waals surface area (Å²) in [7, 11) is 0. The van der Waals surface area contributed by atoms with Crippen LogP contribution in [-0.2, 0) is 6.61 Å². The lowest BCUT2D eigenvalue weighted by molar-refractivity contribution is 0.281. The summed E-state index contributed by atoms with van der Waals surface area (Å²) in [4.78, 5) is 0. The zero-order valence-electron chi connectivity index (χ0n) is 12.8. The monoisotopic (exact) mass is 305 g/mol. The molecule has 0 radical (unpaired) electrons. The van der Waals surface area contributed by atoms with Crippen molar-refractivity contribution in [1.82, 2.24) is 5.32 Å². The average Bonchev–Trinajstić information content (AvgIpc) is 2.54. The number of nitrogens with one attached hydrogen (secondary N) is 1. The molecule has 2 N–H and O–H groups in total. The topological polar surface area (TPSA) is 32.3 Å². The molecular formula is C18H21F2NO. The number of halogens is 2. The molecule has 0 saturated carbocycles. The third-order valence-electron chi connectivity index (χ3n) is 3.83. The van der Waals surface area contributed by atoms with E-state index in [9.17, 15) is 13.9 Å². The Hall–Kier alpha value is -1.78. The van der Waals surface area contributed by atoms with Gasteiger partial charge in [0.1, 0.15) is 11.6 Å². The van der Waals surface area contributed by atoms with Crippen molar-refractivity contribution in [2.24, 2.45) is 0 Å². The van der Waals surface area contributed by atoms with Crippen LogP contribution in [0, 0.1) is 11.6 Å². The van der Waals surface area contributed by atoms with Gasteiger partial charge in [-0.1, -0.05) is 31.2 Å². The minimum absolute atomic E-state index is 0.0176. The first-order valence-corrected chi connectivity index (χ1v) is 7.45. The van der Waals surface area contributed by atoms with Crippen LogP contribution in [0.15, 0.2) is 42.5 Å². The highest BCUT2D eigenvalue weighted by Gasteiger charge is 2.18. The summed E-state index contributed by atoms with van der Waals surface area (Å²) in [6.45, 7) is 3.88. The summed E-state index contributed by atoms with van der Waals surface area (Å²) in [6.07, 6.45) is 0.643. The number of rotatable bonds is 6. The van der Waals surface area contributed by atoms with Crippen molar-refractivity contribution < 1.29 is 13.9 Å². The molecule has 2 aromatic carbocycles. The number of hydrogen-bond donors (Lipinski definition) is 2. The molecule has 0 bridgehead atoms. The molecule has 22 heavy (non-hydrogen) atoms. The lowest BCUT2D eigenvalue weighted by atomic mass is 10.00. The SMILES string of the molecule is CCC(NC(C)c1cccc(CO)c1)c1cc(F)ccc1F. The van der Waals surface area contributed by atoms with Gasteiger partial charge >= 0.3 is 0 Å². The summed E-state index contributed by atoms with van der Waals surface area (Å²) < 4.78 is 27.3. The van der Waals surface area contributed by atoms with Gasteiger partial charge in [0.05, 0.1) is 6.61 Å². The van der Waals surface area contributed by atoms with E-state index < -0.39 is 11.6 Å². The predicted molar refractivity (Wildman–Crippen MR) is 83.3 cm³/mol. The number of aliphatic hydroxyl groups excluding tert-OH is 1. The van der Waals surface area contributed by atoms with Gasteiger partial charge in [0.25, 0.3) is 0 Å². The molecule has 0 aliphatic rings. The van der Waals surface area contributed by atoms with Crippen molar-refractivity contribution in [2.75, 3.05) is 0 Å². The quantitative estimate of drug-likeness (QED) is 0.836. The first-order chi connectivity index (χ1) is 10.5. The Kier molecular flexibility index (Phi) is 5.63. The molecule has 0 aromatic heterocycles. The maximum atomic E-state index is 13.9. The molecule has 2 nitrogen and oxygen atoms in total. The van der Waals surface area contributed by atoms with E-state index in [0.717, 1.165) is 23.3 Å². The maximum Gasteiger partial charge on any atom is 0.128 e. The second-order valence-electron chi connectivity index (χ2n) is 5.42. The molecule has 0 fully saturated rings. The van der Waals surface area contributed by atoms with Gasteiger partial charge in [-0.15, -0.1) is 0 Å². The largest absolute Gasteiger partial charge is 0.392 e. The second kappa shape index (κ2) is 7.47. The van der Waals surface area contributed by atoms with Gasteiger partial charge in [0.2, 0.25) is 0 Å². The highest BCUT2D eigenvalue weighted by molar-refractivity contribution is 5.27. The van der Waals surface area contributed by atoms with Crippen LogP contribution >= 0.6 is 0 Å². The minimum atomic E-state index is -0.438. The summed E-state index contributed by atoms with van der Waals surface area (Å²) in [5.74, 6) is -0.844. The van der Waals surface area contributed by atoms with Crippen molar-refractivity contribution in [2.45, 2.75) is 39.0 Å². The van der Waals surface area contributed by atoms with Crippen LogP contribution in [0.2, 0.25) is 0 Å². The minimum Gasteiger partial charge on any atom is -0.392 e. The Morgan fingerprint density at radius 2 is 1.91 bits per heavy atom. The number of hydrogen-bond acceptors (Lipinski definition) is 2. The first kappa shape index (κ1) is 16.6. The van der Waals surface area contributed by atoms with Gasteiger partial charge in [-0.05, 0) is 42.7 Å². The van der Waals surface area contributed by atoms with Gasteiger partial charge in [-0.2, -0.15) is 0 Å². The Balaban J connectivity index is 2.20. The van der Waals surface area contributed by atoms with E-state index in [1.54, 1.807) is 0 Å². The molecule has 118 valence electrons. The molecule has 4 heteroatoms. The average molecular weight is 305 g/mol. The van der Waals surface area contributed by atoms with Gasteiger partial charge in [-0.3, -0.25) is 0 Å². The van der Waals surface area contributed by atoms with Gasteiger partial charge in [0.15, 0.2) is 0 Å². The zero-order valence-corrected chi connectivity index (χ0v) is 12.8. The fraction of sp³-hybridized carbons (Fsp3) is 0.333. The fourth-order valence-corrected chi connectivity index (χ4v) is 2.57. The molecule has 0 spiro atoms. The van der Waals surface area contributed by atoms with E-state index in [4.69, 9.17) is 0 Å². The van der Waals surface area contributed by atoms with E-state index in [1.165, 1.54) is 6.07 Å². The Labute approximate surface area is 129 Å². The molecule has 0 aliphatic carbocycles. The van der Waals surface area contributed by atoms with E-state index in [1.807, 2.05) is 38.1 Å². The molecule has 0 amide bonds. The van der Waals surface area contributed by atoms with E-state index in [0.29, 0.717) is 12.0 Å². The second-order valence-corrected chi connectivity index (χ2v) is 5.42. The molecule has 0 aliphatic heterocycles. The van der Waals surface area contributed by atoms with E-state index in [2.05, 4.69) is 5.32 Å². The summed E-state index contributed by atoms with van der Waals surface area (Å²) in [6, 6.07) is 10.8. The highest BCUT2D eigenvalue weighted by Crippen LogP contribution is 2.25. The maximum absolute atomic E-state index is 13.9. The van der Waals surface area contributed by atoms with Crippen molar-refractivity contribution >= 4 is 0 Å². The molecule has 2 unspecified atom stereocenters. The standard InChI is InChI=1S/C18H21F2NO/c1-3-18(16-10-15(19)7-8-17(16)20)21-12(2)14-6-4-5-13(9-14)11-22/h4-10,12,18,21-22H,3,11H2,1-2H3. The lowest BCUT2D eigenvalue weighted by Crippen LogP contribution is -2.25. The van der Waals surface area contributed by atoms with Crippen LogP contribution in [0.25, 0.3) is 0 Å². The van der Waals surface area contributed by atoms with Crippen molar-refractivity contribution in [3.8, 4) is 0 Å². The molecule has 2 aromatic rings. The van der Waals surface area contributed by atoms with Gasteiger partial charge in [0, 0.05) is 17.6 Å². The number of benzene rings is 2. The van der Waals surface area contributed by atoms with Gasteiger partial charge in [-0.25, -0.2) is 8.78 Å². The molecule has 0 heterocycles. The lowest BCUT2D eigenvalue weighted by Gasteiger charge is -2.24. The smallest absolute Gasteiger partial charge is 0.128 e. The van der Waals surface area contributed by atoms with Crippen LogP contribution in [0.4, 0.5) is 8.78 Å². The van der Waals surface area contributed by atoms with E-state index in [-0.39, 0.29) is 18.7 Å². The third kappa shape index (κ3) is 3.90. The van der Waals surface area contributed by atoms with Crippen LogP contribution in [0.5, 0.6) is 0 Å². The van der Waals surface area contributed by atoms with Crippen LogP contribution in [0.1, 0.15) is 49.0 Å². The van der Waals surface area contributed by atoms with Crippen LogP contribution in [-0.4, -0.2) is 5.11 Å². The number of aliphatic hydroxyl groups is 1. The predicted octanol–water partition coefficient (Wildman–Crippen LogP) is 4.26. The fourth-order valence-electron chi connectivity index (χ4n) is 2.57. The third-order valence-corrected chi connectivity index (χ3v) is 3.83. The Morgan fingerprint density at radius 3 is 2.59 bits per heavy atom. The molecule has 2 rings (SSSR count). The van der Waals surface area contributed by atoms with E-state index >= 15 is 0 Å².